The van der Waals surface area contributed by atoms with Gasteiger partial charge >= 0.3 is 0 Å². The molecule has 1 spiro atoms. The van der Waals surface area contributed by atoms with Crippen LogP contribution in [0.1, 0.15) is 5.56 Å². The fraction of sp³-hybridized carbons (Fsp3) is 0.353. The number of benzene rings is 1. The molecule has 4 rings (SSSR count). The van der Waals surface area contributed by atoms with Gasteiger partial charge in [-0.2, -0.15) is 0 Å². The first-order chi connectivity index (χ1) is 11.1. The van der Waals surface area contributed by atoms with Crippen LogP contribution in [0.2, 0.25) is 0 Å². The topological polar surface area (TPSA) is 45.6 Å². The van der Waals surface area contributed by atoms with Gasteiger partial charge in [-0.05, 0) is 6.07 Å². The first kappa shape index (κ1) is 14.5. The number of anilines is 1. The Morgan fingerprint density at radius 2 is 2.04 bits per heavy atom. The number of hydrogen-bond acceptors (Lipinski definition) is 4. The van der Waals surface area contributed by atoms with Crippen molar-refractivity contribution in [1.82, 2.24) is 4.98 Å². The number of halogens is 2. The van der Waals surface area contributed by atoms with Crippen LogP contribution in [0, 0.1) is 17.0 Å². The van der Waals surface area contributed by atoms with E-state index in [0.29, 0.717) is 11.4 Å². The number of aliphatic hydroxyl groups excluding tert-OH is 1. The van der Waals surface area contributed by atoms with Crippen LogP contribution in [-0.2, 0) is 11.3 Å². The van der Waals surface area contributed by atoms with Crippen molar-refractivity contribution in [1.29, 1.82) is 0 Å². The molecule has 0 unspecified atom stereocenters. The standard InChI is InChI=1S/C17H16F2N2O2/c18-14-4-12(13-3-1-2-11(6-22)15(13)19)5-20-16(14)21-7-17(8-21)9-23-10-17/h1-5,22H,6-10H2. The Morgan fingerprint density at radius 1 is 1.26 bits per heavy atom. The number of nitrogens with zero attached hydrogens (tertiary/aromatic N) is 2. The van der Waals surface area contributed by atoms with Crippen molar-refractivity contribution in [2.45, 2.75) is 6.61 Å². The van der Waals surface area contributed by atoms with E-state index in [1.807, 2.05) is 4.90 Å². The third-order valence-corrected chi connectivity index (χ3v) is 4.55. The summed E-state index contributed by atoms with van der Waals surface area (Å²) in [4.78, 5) is 6.06. The quantitative estimate of drug-likeness (QED) is 0.944. The van der Waals surface area contributed by atoms with Crippen molar-refractivity contribution in [3.63, 3.8) is 0 Å². The summed E-state index contributed by atoms with van der Waals surface area (Å²) in [6, 6.07) is 5.97. The molecule has 1 aromatic heterocycles. The summed E-state index contributed by atoms with van der Waals surface area (Å²) in [5.41, 5.74) is 0.957. The summed E-state index contributed by atoms with van der Waals surface area (Å²) < 4.78 is 33.8. The van der Waals surface area contributed by atoms with Crippen LogP contribution in [0.3, 0.4) is 0 Å². The van der Waals surface area contributed by atoms with E-state index in [-0.39, 0.29) is 16.5 Å². The van der Waals surface area contributed by atoms with Gasteiger partial charge in [-0.15, -0.1) is 0 Å². The Morgan fingerprint density at radius 3 is 2.65 bits per heavy atom. The highest BCUT2D eigenvalue weighted by atomic mass is 19.1. The van der Waals surface area contributed by atoms with Gasteiger partial charge in [0, 0.05) is 36.0 Å². The fourth-order valence-corrected chi connectivity index (χ4v) is 3.22. The highest BCUT2D eigenvalue weighted by molar-refractivity contribution is 5.66. The molecule has 0 amide bonds. The van der Waals surface area contributed by atoms with Crippen LogP contribution >= 0.6 is 0 Å². The Kier molecular flexibility index (Phi) is 3.32. The van der Waals surface area contributed by atoms with E-state index in [1.165, 1.54) is 18.3 Å². The molecule has 0 bridgehead atoms. The molecule has 23 heavy (non-hydrogen) atoms. The lowest BCUT2D eigenvalue weighted by molar-refractivity contribution is -0.127. The Balaban J connectivity index is 1.61. The second-order valence-corrected chi connectivity index (χ2v) is 6.32. The average molecular weight is 318 g/mol. The minimum atomic E-state index is -0.543. The van der Waals surface area contributed by atoms with Crippen molar-refractivity contribution in [3.8, 4) is 11.1 Å². The summed E-state index contributed by atoms with van der Waals surface area (Å²) in [5, 5.41) is 9.13. The minimum Gasteiger partial charge on any atom is -0.392 e. The van der Waals surface area contributed by atoms with Gasteiger partial charge < -0.3 is 14.7 Å². The van der Waals surface area contributed by atoms with E-state index in [4.69, 9.17) is 9.84 Å². The molecule has 3 heterocycles. The molecular weight excluding hydrogens is 302 g/mol. The second-order valence-electron chi connectivity index (χ2n) is 6.32. The molecule has 1 N–H and O–H groups in total. The third kappa shape index (κ3) is 2.29. The summed E-state index contributed by atoms with van der Waals surface area (Å²) in [7, 11) is 0. The first-order valence-electron chi connectivity index (χ1n) is 7.49. The van der Waals surface area contributed by atoms with Gasteiger partial charge in [0.1, 0.15) is 5.82 Å². The molecule has 6 heteroatoms. The largest absolute Gasteiger partial charge is 0.392 e. The van der Waals surface area contributed by atoms with Crippen LogP contribution in [0.15, 0.2) is 30.5 Å². The first-order valence-corrected chi connectivity index (χ1v) is 7.49. The van der Waals surface area contributed by atoms with Crippen LogP contribution in [-0.4, -0.2) is 36.4 Å². The van der Waals surface area contributed by atoms with Gasteiger partial charge in [-0.3, -0.25) is 0 Å². The lowest BCUT2D eigenvalue weighted by Gasteiger charge is -2.55. The van der Waals surface area contributed by atoms with E-state index < -0.39 is 18.2 Å². The van der Waals surface area contributed by atoms with E-state index in [1.54, 1.807) is 12.1 Å². The molecule has 2 aromatic rings. The van der Waals surface area contributed by atoms with Gasteiger partial charge in [0.25, 0.3) is 0 Å². The highest BCUT2D eigenvalue weighted by Gasteiger charge is 2.49. The molecule has 4 nitrogen and oxygen atoms in total. The summed E-state index contributed by atoms with van der Waals surface area (Å²) in [5.74, 6) is -0.713. The Bertz CT molecular complexity index is 754. The maximum atomic E-state index is 14.4. The van der Waals surface area contributed by atoms with Crippen molar-refractivity contribution in [2.75, 3.05) is 31.2 Å². The zero-order valence-electron chi connectivity index (χ0n) is 12.4. The lowest BCUT2D eigenvalue weighted by Crippen LogP contribution is -2.66. The zero-order valence-corrected chi connectivity index (χ0v) is 12.4. The van der Waals surface area contributed by atoms with E-state index >= 15 is 0 Å². The van der Waals surface area contributed by atoms with Crippen molar-refractivity contribution in [3.05, 3.63) is 47.7 Å². The van der Waals surface area contributed by atoms with Gasteiger partial charge in [-0.25, -0.2) is 13.8 Å². The molecule has 0 atom stereocenters. The number of ether oxygens (including phenoxy) is 1. The maximum absolute atomic E-state index is 14.4. The van der Waals surface area contributed by atoms with Gasteiger partial charge in [0.15, 0.2) is 11.6 Å². The fourth-order valence-electron chi connectivity index (χ4n) is 3.22. The molecule has 2 saturated heterocycles. The number of rotatable bonds is 3. The third-order valence-electron chi connectivity index (χ3n) is 4.55. The van der Waals surface area contributed by atoms with Crippen molar-refractivity contribution >= 4 is 5.82 Å². The number of pyridine rings is 1. The predicted molar refractivity (Wildman–Crippen MR) is 81.0 cm³/mol. The van der Waals surface area contributed by atoms with Crippen molar-refractivity contribution < 1.29 is 18.6 Å². The average Bonchev–Trinajstić information content (AvgIpc) is 2.46. The maximum Gasteiger partial charge on any atom is 0.166 e. The van der Waals surface area contributed by atoms with Gasteiger partial charge in [-0.1, -0.05) is 18.2 Å². The minimum absolute atomic E-state index is 0.175. The van der Waals surface area contributed by atoms with E-state index in [0.717, 1.165) is 26.3 Å². The Hall–Kier alpha value is -2.05. The summed E-state index contributed by atoms with van der Waals surface area (Å²) >= 11 is 0. The smallest absolute Gasteiger partial charge is 0.166 e. The van der Waals surface area contributed by atoms with E-state index in [9.17, 15) is 8.78 Å². The van der Waals surface area contributed by atoms with Crippen LogP contribution in [0.25, 0.3) is 11.1 Å². The molecule has 0 saturated carbocycles. The molecule has 120 valence electrons. The van der Waals surface area contributed by atoms with E-state index in [2.05, 4.69) is 4.98 Å². The Labute approximate surface area is 132 Å². The molecule has 2 aliphatic rings. The van der Waals surface area contributed by atoms with Crippen LogP contribution in [0.5, 0.6) is 0 Å². The highest BCUT2D eigenvalue weighted by Crippen LogP contribution is 2.40. The summed E-state index contributed by atoms with van der Waals surface area (Å²) in [6.45, 7) is 2.53. The molecule has 0 aliphatic carbocycles. The zero-order chi connectivity index (χ0) is 16.0. The number of aromatic nitrogens is 1. The normalized spacial score (nSPS) is 18.7. The molecule has 0 radical (unpaired) electrons. The molecular formula is C17H16F2N2O2. The van der Waals surface area contributed by atoms with Gasteiger partial charge in [0.2, 0.25) is 0 Å². The summed E-state index contributed by atoms with van der Waals surface area (Å²) in [6.07, 6.45) is 1.47. The monoisotopic (exact) mass is 318 g/mol. The lowest BCUT2D eigenvalue weighted by atomic mass is 9.78. The number of hydrogen-bond donors (Lipinski definition) is 1. The van der Waals surface area contributed by atoms with Crippen molar-refractivity contribution in [2.24, 2.45) is 5.41 Å². The SMILES string of the molecule is OCc1cccc(-c2cnc(N3CC4(COC4)C3)c(F)c2)c1F. The molecule has 1 aromatic carbocycles. The van der Waals surface area contributed by atoms with Crippen LogP contribution in [0.4, 0.5) is 14.6 Å². The number of aliphatic hydroxyl groups is 1. The molecule has 2 fully saturated rings. The van der Waals surface area contributed by atoms with Crippen LogP contribution < -0.4 is 4.90 Å². The predicted octanol–water partition coefficient (Wildman–Crippen LogP) is 2.36. The van der Waals surface area contributed by atoms with Gasteiger partial charge in [0.05, 0.1) is 25.2 Å². The molecule has 2 aliphatic heterocycles. The second kappa shape index (κ2) is 5.25.